The van der Waals surface area contributed by atoms with Crippen LogP contribution in [0.5, 0.6) is 0 Å². The van der Waals surface area contributed by atoms with Crippen LogP contribution >= 0.6 is 0 Å². The van der Waals surface area contributed by atoms with Crippen molar-refractivity contribution in [3.05, 3.63) is 28.0 Å². The molecule has 118 valence electrons. The molecule has 1 aromatic heterocycles. The molecule has 0 aromatic carbocycles. The van der Waals surface area contributed by atoms with Gasteiger partial charge in [0.1, 0.15) is 11.5 Å². The molecule has 0 unspecified atom stereocenters. The van der Waals surface area contributed by atoms with E-state index in [1.165, 1.54) is 23.4 Å². The summed E-state index contributed by atoms with van der Waals surface area (Å²) < 4.78 is 10.4. The predicted octanol–water partition coefficient (Wildman–Crippen LogP) is 1.93. The Morgan fingerprint density at radius 1 is 1.55 bits per heavy atom. The van der Waals surface area contributed by atoms with Crippen molar-refractivity contribution in [2.45, 2.75) is 26.2 Å². The molecule has 2 heterocycles. The van der Waals surface area contributed by atoms with Crippen LogP contribution in [0.2, 0.25) is 0 Å². The van der Waals surface area contributed by atoms with Gasteiger partial charge >= 0.3 is 11.9 Å². The highest BCUT2D eigenvalue weighted by Crippen LogP contribution is 2.14. The summed E-state index contributed by atoms with van der Waals surface area (Å²) in [5, 5.41) is 15.8. The molecule has 0 saturated carbocycles. The Bertz CT molecular complexity index is 607. The number of nitro groups is 1. The number of hydrogen-bond donors (Lipinski definition) is 0. The highest BCUT2D eigenvalue weighted by Gasteiger charge is 2.24. The summed E-state index contributed by atoms with van der Waals surface area (Å²) in [5.74, 6) is -0.520. The summed E-state index contributed by atoms with van der Waals surface area (Å²) in [4.78, 5) is 25.0. The number of carbonyl (C=O) groups is 1. The summed E-state index contributed by atoms with van der Waals surface area (Å²) in [6.07, 6.45) is 4.23. The minimum absolute atomic E-state index is 0.0254. The van der Waals surface area contributed by atoms with Crippen LogP contribution in [0.15, 0.2) is 26.6 Å². The largest absolute Gasteiger partial charge is 0.464 e. The first-order chi connectivity index (χ1) is 10.6. The molecule has 0 bridgehead atoms. The number of hydrazone groups is 1. The quantitative estimate of drug-likeness (QED) is 0.329. The standard InChI is InChI=1S/C13H16N4O5/c1-2-3-4-7-21-13-15-11(18)9-16(13)14-8-10-5-6-12(22-10)17(19)20/h5-6,8H,2-4,7,9H2,1H3/b14-8+. The second-order valence-electron chi connectivity index (χ2n) is 4.58. The Labute approximate surface area is 126 Å². The van der Waals surface area contributed by atoms with Crippen LogP contribution in [0, 0.1) is 10.1 Å². The van der Waals surface area contributed by atoms with Crippen molar-refractivity contribution in [2.24, 2.45) is 10.1 Å². The van der Waals surface area contributed by atoms with Crippen LogP contribution in [-0.4, -0.2) is 41.2 Å². The van der Waals surface area contributed by atoms with Gasteiger partial charge in [-0.25, -0.2) is 5.01 Å². The number of carbonyl (C=O) groups excluding carboxylic acids is 1. The average molecular weight is 308 g/mol. The van der Waals surface area contributed by atoms with E-state index in [1.807, 2.05) is 0 Å². The van der Waals surface area contributed by atoms with E-state index in [0.29, 0.717) is 6.61 Å². The van der Waals surface area contributed by atoms with Gasteiger partial charge in [0.05, 0.1) is 18.9 Å². The molecule has 9 nitrogen and oxygen atoms in total. The maximum atomic E-state index is 11.4. The molecule has 9 heteroatoms. The zero-order valence-electron chi connectivity index (χ0n) is 12.1. The maximum Gasteiger partial charge on any atom is 0.433 e. The van der Waals surface area contributed by atoms with Crippen molar-refractivity contribution in [3.63, 3.8) is 0 Å². The topological polar surface area (TPSA) is 111 Å². The van der Waals surface area contributed by atoms with Gasteiger partial charge in [0.2, 0.25) is 0 Å². The third-order valence-electron chi connectivity index (χ3n) is 2.82. The first-order valence-corrected chi connectivity index (χ1v) is 6.90. The Hall–Kier alpha value is -2.71. The van der Waals surface area contributed by atoms with Crippen molar-refractivity contribution >= 4 is 24.0 Å². The molecule has 0 radical (unpaired) electrons. The summed E-state index contributed by atoms with van der Waals surface area (Å²) in [6.45, 7) is 2.51. The van der Waals surface area contributed by atoms with Crippen LogP contribution < -0.4 is 0 Å². The lowest BCUT2D eigenvalue weighted by atomic mass is 10.3. The van der Waals surface area contributed by atoms with Gasteiger partial charge in [0.25, 0.3) is 5.91 Å². The van der Waals surface area contributed by atoms with Gasteiger partial charge in [-0.05, 0) is 12.5 Å². The van der Waals surface area contributed by atoms with Crippen molar-refractivity contribution < 1.29 is 18.9 Å². The highest BCUT2D eigenvalue weighted by molar-refractivity contribution is 5.98. The van der Waals surface area contributed by atoms with E-state index < -0.39 is 4.92 Å². The van der Waals surface area contributed by atoms with Crippen molar-refractivity contribution in [1.82, 2.24) is 5.01 Å². The van der Waals surface area contributed by atoms with E-state index in [-0.39, 0.29) is 30.1 Å². The zero-order valence-corrected chi connectivity index (χ0v) is 12.1. The molecule has 0 spiro atoms. The summed E-state index contributed by atoms with van der Waals surface area (Å²) >= 11 is 0. The molecule has 0 saturated heterocycles. The van der Waals surface area contributed by atoms with Gasteiger partial charge in [0, 0.05) is 0 Å². The lowest BCUT2D eigenvalue weighted by Gasteiger charge is -2.12. The fourth-order valence-electron chi connectivity index (χ4n) is 1.74. The number of rotatable bonds is 7. The fourth-order valence-corrected chi connectivity index (χ4v) is 1.74. The molecular formula is C13H16N4O5. The van der Waals surface area contributed by atoms with Crippen LogP contribution in [-0.2, 0) is 9.53 Å². The summed E-state index contributed by atoms with van der Waals surface area (Å²) in [6, 6.07) is 2.78. The lowest BCUT2D eigenvalue weighted by Crippen LogP contribution is -2.25. The van der Waals surface area contributed by atoms with Crippen LogP contribution in [0.3, 0.4) is 0 Å². The Morgan fingerprint density at radius 2 is 2.36 bits per heavy atom. The molecule has 1 amide bonds. The number of amides is 1. The molecule has 1 aromatic rings. The smallest absolute Gasteiger partial charge is 0.433 e. The monoisotopic (exact) mass is 308 g/mol. The van der Waals surface area contributed by atoms with E-state index in [1.54, 1.807) is 0 Å². The third kappa shape index (κ3) is 4.14. The molecule has 2 rings (SSSR count). The first kappa shape index (κ1) is 15.7. The van der Waals surface area contributed by atoms with Crippen LogP contribution in [0.4, 0.5) is 5.88 Å². The molecular weight excluding hydrogens is 292 g/mol. The molecule has 0 atom stereocenters. The van der Waals surface area contributed by atoms with Gasteiger partial charge < -0.3 is 9.15 Å². The van der Waals surface area contributed by atoms with E-state index in [9.17, 15) is 14.9 Å². The number of amidine groups is 1. The van der Waals surface area contributed by atoms with E-state index in [0.717, 1.165) is 19.3 Å². The number of nitrogens with zero attached hydrogens (tertiary/aromatic N) is 4. The Morgan fingerprint density at radius 3 is 3.05 bits per heavy atom. The molecule has 0 aliphatic carbocycles. The van der Waals surface area contributed by atoms with E-state index >= 15 is 0 Å². The van der Waals surface area contributed by atoms with E-state index in [2.05, 4.69) is 17.0 Å². The maximum absolute atomic E-state index is 11.4. The summed E-state index contributed by atoms with van der Waals surface area (Å²) in [7, 11) is 0. The van der Waals surface area contributed by atoms with Gasteiger partial charge in [-0.3, -0.25) is 14.9 Å². The average Bonchev–Trinajstić information content (AvgIpc) is 3.08. The lowest BCUT2D eigenvalue weighted by molar-refractivity contribution is -0.402. The van der Waals surface area contributed by atoms with Crippen molar-refractivity contribution in [3.8, 4) is 0 Å². The normalized spacial score (nSPS) is 14.7. The molecule has 22 heavy (non-hydrogen) atoms. The number of ether oxygens (including phenoxy) is 1. The van der Waals surface area contributed by atoms with Crippen molar-refractivity contribution in [2.75, 3.05) is 13.2 Å². The van der Waals surface area contributed by atoms with Gasteiger partial charge in [-0.1, -0.05) is 19.8 Å². The minimum atomic E-state index is -0.638. The summed E-state index contributed by atoms with van der Waals surface area (Å²) in [5.41, 5.74) is 0. The van der Waals surface area contributed by atoms with E-state index in [4.69, 9.17) is 9.15 Å². The number of aliphatic imine (C=N–C) groups is 1. The minimum Gasteiger partial charge on any atom is -0.464 e. The number of hydrogen-bond acceptors (Lipinski definition) is 7. The highest BCUT2D eigenvalue weighted by atomic mass is 16.6. The Balaban J connectivity index is 1.94. The predicted molar refractivity (Wildman–Crippen MR) is 77.6 cm³/mol. The van der Waals surface area contributed by atoms with Gasteiger partial charge in [-0.15, -0.1) is 0 Å². The molecule has 0 fully saturated rings. The second-order valence-corrected chi connectivity index (χ2v) is 4.58. The zero-order chi connectivity index (χ0) is 15.9. The number of furan rings is 1. The second kappa shape index (κ2) is 7.34. The first-order valence-electron chi connectivity index (χ1n) is 6.90. The molecule has 0 N–H and O–H groups in total. The number of unbranched alkanes of at least 4 members (excludes halogenated alkanes) is 2. The SMILES string of the molecule is CCCCCOC1=NC(=O)CN1/N=C/c1ccc([N+](=O)[O-])o1. The molecule has 1 aliphatic heterocycles. The third-order valence-corrected chi connectivity index (χ3v) is 2.82. The van der Waals surface area contributed by atoms with Crippen molar-refractivity contribution in [1.29, 1.82) is 0 Å². The van der Waals surface area contributed by atoms with Crippen LogP contribution in [0.25, 0.3) is 0 Å². The van der Waals surface area contributed by atoms with Gasteiger partial charge in [-0.2, -0.15) is 10.1 Å². The van der Waals surface area contributed by atoms with Gasteiger partial charge in [0.15, 0.2) is 5.76 Å². The molecule has 1 aliphatic rings. The Kier molecular flexibility index (Phi) is 5.23. The van der Waals surface area contributed by atoms with Crippen LogP contribution in [0.1, 0.15) is 31.9 Å². The fraction of sp³-hybridized carbons (Fsp3) is 0.462.